The van der Waals surface area contributed by atoms with Crippen LogP contribution in [0.2, 0.25) is 0 Å². The molecule has 0 aliphatic carbocycles. The van der Waals surface area contributed by atoms with Crippen LogP contribution < -0.4 is 5.32 Å². The third kappa shape index (κ3) is 2.44. The molecule has 18 heavy (non-hydrogen) atoms. The highest BCUT2D eigenvalue weighted by Gasteiger charge is 2.09. The van der Waals surface area contributed by atoms with Gasteiger partial charge in [0.05, 0.1) is 0 Å². The van der Waals surface area contributed by atoms with E-state index in [1.165, 1.54) is 22.2 Å². The molecule has 0 fully saturated rings. The quantitative estimate of drug-likeness (QED) is 0.868. The minimum absolute atomic E-state index is 0.518. The van der Waals surface area contributed by atoms with Crippen molar-refractivity contribution in [2.75, 3.05) is 7.05 Å². The molecule has 2 rings (SSSR count). The molecule has 1 atom stereocenters. The molecule has 0 saturated heterocycles. The lowest BCUT2D eigenvalue weighted by molar-refractivity contribution is 0.605. The summed E-state index contributed by atoms with van der Waals surface area (Å²) in [5.74, 6) is 0. The molecule has 1 aromatic carbocycles. The topological polar surface area (TPSA) is 17.0 Å². The van der Waals surface area contributed by atoms with Crippen molar-refractivity contribution in [2.45, 2.75) is 46.2 Å². The molecule has 1 unspecified atom stereocenters. The number of aromatic nitrogens is 1. The van der Waals surface area contributed by atoms with Gasteiger partial charge in [-0.1, -0.05) is 6.07 Å². The van der Waals surface area contributed by atoms with Crippen LogP contribution in [0, 0.1) is 6.92 Å². The Morgan fingerprint density at radius 3 is 2.50 bits per heavy atom. The maximum absolute atomic E-state index is 3.29. The van der Waals surface area contributed by atoms with Crippen molar-refractivity contribution in [3.63, 3.8) is 0 Å². The van der Waals surface area contributed by atoms with Gasteiger partial charge in [0.1, 0.15) is 0 Å². The number of nitrogens with one attached hydrogen (secondary N) is 1. The van der Waals surface area contributed by atoms with E-state index in [2.05, 4.69) is 61.8 Å². The molecule has 0 bridgehead atoms. The van der Waals surface area contributed by atoms with Crippen LogP contribution in [0.4, 0.5) is 0 Å². The fourth-order valence-corrected chi connectivity index (χ4v) is 2.69. The summed E-state index contributed by atoms with van der Waals surface area (Å²) in [5.41, 5.74) is 4.10. The van der Waals surface area contributed by atoms with Crippen LogP contribution in [0.3, 0.4) is 0 Å². The first-order valence-corrected chi connectivity index (χ1v) is 6.80. The first-order valence-electron chi connectivity index (χ1n) is 6.80. The summed E-state index contributed by atoms with van der Waals surface area (Å²) >= 11 is 0. The van der Waals surface area contributed by atoms with E-state index in [4.69, 9.17) is 0 Å². The molecule has 0 saturated carbocycles. The van der Waals surface area contributed by atoms with E-state index >= 15 is 0 Å². The maximum Gasteiger partial charge on any atom is 0.0485 e. The van der Waals surface area contributed by atoms with Gasteiger partial charge in [0, 0.05) is 28.7 Å². The fourth-order valence-electron chi connectivity index (χ4n) is 2.69. The van der Waals surface area contributed by atoms with Crippen molar-refractivity contribution in [3.05, 3.63) is 35.5 Å². The molecule has 2 aromatic rings. The van der Waals surface area contributed by atoms with Crippen LogP contribution >= 0.6 is 0 Å². The van der Waals surface area contributed by atoms with Crippen molar-refractivity contribution in [1.29, 1.82) is 0 Å². The number of aryl methyl sites for hydroxylation is 1. The Morgan fingerprint density at radius 2 is 1.89 bits per heavy atom. The molecule has 0 amide bonds. The predicted octanol–water partition coefficient (Wildman–Crippen LogP) is 3.68. The summed E-state index contributed by atoms with van der Waals surface area (Å²) in [5, 5.41) is 4.65. The van der Waals surface area contributed by atoms with E-state index in [0.29, 0.717) is 12.1 Å². The lowest BCUT2D eigenvalue weighted by Crippen LogP contribution is -2.23. The lowest BCUT2D eigenvalue weighted by atomic mass is 10.1. The zero-order valence-corrected chi connectivity index (χ0v) is 12.1. The Labute approximate surface area is 110 Å². The van der Waals surface area contributed by atoms with Gasteiger partial charge >= 0.3 is 0 Å². The van der Waals surface area contributed by atoms with Gasteiger partial charge in [0.25, 0.3) is 0 Å². The van der Waals surface area contributed by atoms with Crippen molar-refractivity contribution in [2.24, 2.45) is 0 Å². The van der Waals surface area contributed by atoms with Gasteiger partial charge in [-0.3, -0.25) is 0 Å². The highest BCUT2D eigenvalue weighted by atomic mass is 15.0. The molecule has 1 aromatic heterocycles. The summed E-state index contributed by atoms with van der Waals surface area (Å²) in [7, 11) is 2.02. The van der Waals surface area contributed by atoms with Gasteiger partial charge in [-0.2, -0.15) is 0 Å². The first kappa shape index (κ1) is 13.2. The second kappa shape index (κ2) is 5.15. The Bertz CT molecular complexity index is 537. The second-order valence-corrected chi connectivity index (χ2v) is 5.54. The summed E-state index contributed by atoms with van der Waals surface area (Å²) in [4.78, 5) is 0. The number of hydrogen-bond donors (Lipinski definition) is 1. The van der Waals surface area contributed by atoms with E-state index in [0.717, 1.165) is 6.42 Å². The maximum atomic E-state index is 3.29. The van der Waals surface area contributed by atoms with Crippen molar-refractivity contribution in [1.82, 2.24) is 9.88 Å². The molecule has 0 aliphatic heterocycles. The number of nitrogens with zero attached hydrogens (tertiary/aromatic N) is 1. The Balaban J connectivity index is 2.41. The van der Waals surface area contributed by atoms with Gasteiger partial charge in [0.2, 0.25) is 0 Å². The predicted molar refractivity (Wildman–Crippen MR) is 79.3 cm³/mol. The van der Waals surface area contributed by atoms with E-state index in [1.54, 1.807) is 0 Å². The van der Waals surface area contributed by atoms with E-state index in [1.807, 2.05) is 7.05 Å². The molecular weight excluding hydrogens is 220 g/mol. The average molecular weight is 244 g/mol. The minimum Gasteiger partial charge on any atom is -0.342 e. The molecular formula is C16H24N2. The van der Waals surface area contributed by atoms with Crippen molar-refractivity contribution < 1.29 is 0 Å². The van der Waals surface area contributed by atoms with Gasteiger partial charge in [-0.25, -0.2) is 0 Å². The van der Waals surface area contributed by atoms with E-state index < -0.39 is 0 Å². The van der Waals surface area contributed by atoms with Gasteiger partial charge < -0.3 is 9.88 Å². The SMILES string of the molecule is CNC(C)Cc1ccc2c(c1)cc(C)n2C(C)C. The van der Waals surface area contributed by atoms with Crippen molar-refractivity contribution >= 4 is 10.9 Å². The number of likely N-dealkylation sites (N-methyl/N-ethyl adjacent to an activating group) is 1. The van der Waals surface area contributed by atoms with Crippen LogP contribution in [0.5, 0.6) is 0 Å². The number of fused-ring (bicyclic) bond motifs is 1. The smallest absolute Gasteiger partial charge is 0.0485 e. The normalized spacial score (nSPS) is 13.4. The largest absolute Gasteiger partial charge is 0.342 e. The zero-order chi connectivity index (χ0) is 13.3. The molecule has 1 N–H and O–H groups in total. The van der Waals surface area contributed by atoms with E-state index in [9.17, 15) is 0 Å². The fraction of sp³-hybridized carbons (Fsp3) is 0.500. The zero-order valence-electron chi connectivity index (χ0n) is 12.1. The van der Waals surface area contributed by atoms with Crippen molar-refractivity contribution in [3.8, 4) is 0 Å². The Kier molecular flexibility index (Phi) is 3.76. The second-order valence-electron chi connectivity index (χ2n) is 5.54. The molecule has 0 aliphatic rings. The molecule has 0 spiro atoms. The average Bonchev–Trinajstić information content (AvgIpc) is 2.64. The summed E-state index contributed by atoms with van der Waals surface area (Å²) in [6.45, 7) is 8.89. The Hall–Kier alpha value is -1.28. The van der Waals surface area contributed by atoms with Gasteiger partial charge in [-0.05, 0) is 64.9 Å². The van der Waals surface area contributed by atoms with Crippen LogP contribution in [-0.2, 0) is 6.42 Å². The van der Waals surface area contributed by atoms with Gasteiger partial charge in [-0.15, -0.1) is 0 Å². The highest BCUT2D eigenvalue weighted by molar-refractivity contribution is 5.82. The molecule has 1 heterocycles. The molecule has 98 valence electrons. The highest BCUT2D eigenvalue weighted by Crippen LogP contribution is 2.25. The van der Waals surface area contributed by atoms with Crippen LogP contribution in [0.15, 0.2) is 24.3 Å². The summed E-state index contributed by atoms with van der Waals surface area (Å²) in [6.07, 6.45) is 1.08. The summed E-state index contributed by atoms with van der Waals surface area (Å²) in [6, 6.07) is 10.2. The van der Waals surface area contributed by atoms with Gasteiger partial charge in [0.15, 0.2) is 0 Å². The lowest BCUT2D eigenvalue weighted by Gasteiger charge is -2.13. The number of hydrogen-bond acceptors (Lipinski definition) is 1. The summed E-state index contributed by atoms with van der Waals surface area (Å²) < 4.78 is 2.40. The number of benzene rings is 1. The first-order chi connectivity index (χ1) is 8.52. The standard InChI is InChI=1S/C16H24N2/c1-11(2)18-13(4)9-15-10-14(6-7-16(15)18)8-12(3)17-5/h6-7,9-12,17H,8H2,1-5H3. The monoisotopic (exact) mass is 244 g/mol. The molecule has 2 heteroatoms. The third-order valence-corrected chi connectivity index (χ3v) is 3.65. The minimum atomic E-state index is 0.518. The van der Waals surface area contributed by atoms with E-state index in [-0.39, 0.29) is 0 Å². The molecule has 2 nitrogen and oxygen atoms in total. The van der Waals surface area contributed by atoms with Crippen LogP contribution in [0.1, 0.15) is 38.1 Å². The Morgan fingerprint density at radius 1 is 1.17 bits per heavy atom. The molecule has 0 radical (unpaired) electrons. The third-order valence-electron chi connectivity index (χ3n) is 3.65. The van der Waals surface area contributed by atoms with Crippen LogP contribution in [-0.4, -0.2) is 17.7 Å². The van der Waals surface area contributed by atoms with Crippen LogP contribution in [0.25, 0.3) is 10.9 Å². The number of rotatable bonds is 4.